The smallest absolute Gasteiger partial charge is 0.262 e. The van der Waals surface area contributed by atoms with Gasteiger partial charge in [-0.2, -0.15) is 0 Å². The van der Waals surface area contributed by atoms with Crippen LogP contribution in [0.3, 0.4) is 0 Å². The number of hydrogen-bond acceptors (Lipinski definition) is 6. The summed E-state index contributed by atoms with van der Waals surface area (Å²) in [4.78, 5) is 42.8. The molecule has 1 heterocycles. The molecule has 0 aromatic heterocycles. The van der Waals surface area contributed by atoms with Crippen molar-refractivity contribution in [3.63, 3.8) is 0 Å². The standard InChI is InChI=1S/C36H43BrN2O5/c1-9-43-29-14-22(13-23(37)34(29)44-19-30(42)38-24-12-20(2)10-11-21(24)3)31-32-25(15-35(4,5)17-27(32)40)39(8)26-16-36(6,7)18-28(41)33(26)31/h10-14,31H,9,15-19H2,1-8H3,(H,38,42). The molecule has 0 radical (unpaired) electrons. The number of carbonyl (C=O) groups is 3. The van der Waals surface area contributed by atoms with Crippen LogP contribution in [0.25, 0.3) is 0 Å². The predicted molar refractivity (Wildman–Crippen MR) is 176 cm³/mol. The van der Waals surface area contributed by atoms with Crippen LogP contribution in [-0.4, -0.2) is 42.6 Å². The van der Waals surface area contributed by atoms with Crippen molar-refractivity contribution < 1.29 is 23.9 Å². The van der Waals surface area contributed by atoms with Crippen molar-refractivity contribution in [2.45, 2.75) is 80.1 Å². The zero-order chi connectivity index (χ0) is 32.1. The van der Waals surface area contributed by atoms with Crippen LogP contribution >= 0.6 is 15.9 Å². The average Bonchev–Trinajstić information content (AvgIpc) is 2.90. The Balaban J connectivity index is 1.54. The van der Waals surface area contributed by atoms with Crippen molar-refractivity contribution in [3.05, 3.63) is 74.0 Å². The van der Waals surface area contributed by atoms with Gasteiger partial charge in [-0.15, -0.1) is 0 Å². The van der Waals surface area contributed by atoms with Gasteiger partial charge >= 0.3 is 0 Å². The second-order valence-corrected chi connectivity index (χ2v) is 14.9. The van der Waals surface area contributed by atoms with Crippen LogP contribution in [0.4, 0.5) is 5.69 Å². The number of aryl methyl sites for hydroxylation is 2. The second kappa shape index (κ2) is 11.8. The molecule has 2 aliphatic carbocycles. The lowest BCUT2D eigenvalue weighted by atomic mass is 9.64. The first-order valence-electron chi connectivity index (χ1n) is 15.3. The summed E-state index contributed by atoms with van der Waals surface area (Å²) in [6.07, 6.45) is 2.36. The van der Waals surface area contributed by atoms with Crippen molar-refractivity contribution in [1.29, 1.82) is 0 Å². The molecule has 0 unspecified atom stereocenters. The van der Waals surface area contributed by atoms with E-state index in [2.05, 4.69) is 53.8 Å². The lowest BCUT2D eigenvalue weighted by Crippen LogP contribution is -2.43. The van der Waals surface area contributed by atoms with Gasteiger partial charge in [0.1, 0.15) is 0 Å². The second-order valence-electron chi connectivity index (χ2n) is 14.0. The van der Waals surface area contributed by atoms with Crippen molar-refractivity contribution in [2.24, 2.45) is 10.8 Å². The number of Topliss-reactive ketones (excluding diaryl/α,β-unsaturated/α-hetero) is 2. The van der Waals surface area contributed by atoms with E-state index >= 15 is 0 Å². The molecule has 3 aliphatic rings. The molecule has 0 spiro atoms. The molecule has 8 heteroatoms. The third kappa shape index (κ3) is 6.23. The Morgan fingerprint density at radius 2 is 1.52 bits per heavy atom. The summed E-state index contributed by atoms with van der Waals surface area (Å²) in [5.74, 6) is 0.218. The largest absolute Gasteiger partial charge is 0.490 e. The fourth-order valence-corrected chi connectivity index (χ4v) is 7.42. The quantitative estimate of drug-likeness (QED) is 0.326. The van der Waals surface area contributed by atoms with Gasteiger partial charge in [0.2, 0.25) is 0 Å². The molecular weight excluding hydrogens is 620 g/mol. The van der Waals surface area contributed by atoms with Crippen LogP contribution in [0.2, 0.25) is 0 Å². The Bertz CT molecular complexity index is 1560. The molecule has 5 rings (SSSR count). The van der Waals surface area contributed by atoms with Gasteiger partial charge in [-0.1, -0.05) is 39.8 Å². The average molecular weight is 664 g/mol. The van der Waals surface area contributed by atoms with Crippen LogP contribution < -0.4 is 14.8 Å². The van der Waals surface area contributed by atoms with Gasteiger partial charge < -0.3 is 19.7 Å². The molecule has 0 bridgehead atoms. The molecule has 44 heavy (non-hydrogen) atoms. The van der Waals surface area contributed by atoms with Crippen molar-refractivity contribution in [1.82, 2.24) is 4.90 Å². The molecule has 2 aromatic carbocycles. The van der Waals surface area contributed by atoms with Crippen molar-refractivity contribution >= 4 is 39.1 Å². The lowest BCUT2D eigenvalue weighted by molar-refractivity contribution is -0.120. The van der Waals surface area contributed by atoms with Crippen LogP contribution in [0.15, 0.2) is 57.3 Å². The minimum atomic E-state index is -0.499. The van der Waals surface area contributed by atoms with Crippen LogP contribution in [-0.2, 0) is 14.4 Å². The molecule has 234 valence electrons. The summed E-state index contributed by atoms with van der Waals surface area (Å²) in [5.41, 5.74) is 6.61. The molecule has 0 fully saturated rings. The number of benzene rings is 2. The normalized spacial score (nSPS) is 19.5. The van der Waals surface area contributed by atoms with E-state index in [4.69, 9.17) is 9.47 Å². The molecule has 1 aliphatic heterocycles. The number of ether oxygens (including phenoxy) is 2. The van der Waals surface area contributed by atoms with E-state index in [0.29, 0.717) is 46.6 Å². The van der Waals surface area contributed by atoms with Crippen LogP contribution in [0.1, 0.15) is 82.9 Å². The van der Waals surface area contributed by atoms with Crippen LogP contribution in [0, 0.1) is 24.7 Å². The number of nitrogens with zero attached hydrogens (tertiary/aromatic N) is 1. The highest BCUT2D eigenvalue weighted by molar-refractivity contribution is 9.10. The molecule has 0 saturated heterocycles. The number of rotatable bonds is 7. The third-order valence-electron chi connectivity index (χ3n) is 8.86. The number of carbonyl (C=O) groups excluding carboxylic acids is 3. The highest BCUT2D eigenvalue weighted by atomic mass is 79.9. The maximum absolute atomic E-state index is 13.9. The molecule has 1 N–H and O–H groups in total. The van der Waals surface area contributed by atoms with Crippen molar-refractivity contribution in [3.8, 4) is 11.5 Å². The summed E-state index contributed by atoms with van der Waals surface area (Å²) < 4.78 is 12.7. The first-order chi connectivity index (χ1) is 20.6. The summed E-state index contributed by atoms with van der Waals surface area (Å²) in [7, 11) is 2.01. The van der Waals surface area contributed by atoms with E-state index in [1.807, 2.05) is 58.2 Å². The topological polar surface area (TPSA) is 84.9 Å². The van der Waals surface area contributed by atoms with Gasteiger partial charge in [-0.25, -0.2) is 0 Å². The summed E-state index contributed by atoms with van der Waals surface area (Å²) >= 11 is 3.68. The maximum atomic E-state index is 13.9. The minimum absolute atomic E-state index is 0.0785. The first-order valence-corrected chi connectivity index (χ1v) is 16.1. The Labute approximate surface area is 269 Å². The van der Waals surface area contributed by atoms with E-state index < -0.39 is 5.92 Å². The lowest BCUT2D eigenvalue weighted by Gasteiger charge is -2.48. The Morgan fingerprint density at radius 1 is 0.932 bits per heavy atom. The Morgan fingerprint density at radius 3 is 2.09 bits per heavy atom. The van der Waals surface area contributed by atoms with Crippen LogP contribution in [0.5, 0.6) is 11.5 Å². The van der Waals surface area contributed by atoms with Crippen molar-refractivity contribution in [2.75, 3.05) is 25.6 Å². The Kier molecular flexibility index (Phi) is 8.62. The SMILES string of the molecule is CCOc1cc(C2C3=C(CC(C)(C)CC3=O)N(C)C3=C2C(=O)CC(C)(C)C3)cc(Br)c1OCC(=O)Nc1cc(C)ccc1C. The summed E-state index contributed by atoms with van der Waals surface area (Å²) in [6.45, 7) is 14.5. The van der Waals surface area contributed by atoms with Gasteiger partial charge in [0.05, 0.1) is 11.1 Å². The van der Waals surface area contributed by atoms with E-state index in [1.165, 1.54) is 0 Å². The molecule has 0 atom stereocenters. The first kappa shape index (κ1) is 32.0. The zero-order valence-corrected chi connectivity index (χ0v) is 28.7. The van der Waals surface area contributed by atoms with Gasteiger partial charge in [0, 0.05) is 54.0 Å². The molecule has 0 saturated carbocycles. The minimum Gasteiger partial charge on any atom is -0.490 e. The maximum Gasteiger partial charge on any atom is 0.262 e. The summed E-state index contributed by atoms with van der Waals surface area (Å²) in [6, 6.07) is 9.68. The number of hydrogen-bond donors (Lipinski definition) is 1. The fraction of sp³-hybridized carbons (Fsp3) is 0.472. The van der Waals surface area contributed by atoms with Gasteiger partial charge in [-0.05, 0) is 95.3 Å². The zero-order valence-electron chi connectivity index (χ0n) is 27.1. The Hall–Kier alpha value is -3.39. The molecule has 1 amide bonds. The van der Waals surface area contributed by atoms with Gasteiger partial charge in [0.25, 0.3) is 5.91 Å². The van der Waals surface area contributed by atoms with E-state index in [0.717, 1.165) is 46.6 Å². The number of amides is 1. The number of ketones is 2. The number of halogens is 1. The monoisotopic (exact) mass is 662 g/mol. The molecule has 2 aromatic rings. The predicted octanol–water partition coefficient (Wildman–Crippen LogP) is 7.80. The van der Waals surface area contributed by atoms with E-state index in [1.54, 1.807) is 0 Å². The molecule has 7 nitrogen and oxygen atoms in total. The number of allylic oxidation sites excluding steroid dienone is 4. The van der Waals surface area contributed by atoms with E-state index in [-0.39, 0.29) is 34.9 Å². The summed E-state index contributed by atoms with van der Waals surface area (Å²) in [5, 5.41) is 2.93. The van der Waals surface area contributed by atoms with Gasteiger partial charge in [0.15, 0.2) is 29.7 Å². The number of nitrogens with one attached hydrogen (secondary N) is 1. The molecular formula is C36H43BrN2O5. The number of anilines is 1. The highest BCUT2D eigenvalue weighted by Crippen LogP contribution is 2.55. The van der Waals surface area contributed by atoms with E-state index in [9.17, 15) is 14.4 Å². The van der Waals surface area contributed by atoms with Gasteiger partial charge in [-0.3, -0.25) is 14.4 Å². The third-order valence-corrected chi connectivity index (χ3v) is 9.45. The highest BCUT2D eigenvalue weighted by Gasteiger charge is 2.48. The fourth-order valence-electron chi connectivity index (χ4n) is 6.85.